The van der Waals surface area contributed by atoms with E-state index in [1.54, 1.807) is 11.3 Å². The van der Waals surface area contributed by atoms with Crippen molar-refractivity contribution in [2.24, 2.45) is 0 Å². The third-order valence-corrected chi connectivity index (χ3v) is 16.9. The Balaban J connectivity index is 0.845. The van der Waals surface area contributed by atoms with Crippen LogP contribution in [0, 0.1) is 0 Å². The van der Waals surface area contributed by atoms with Crippen LogP contribution in [0.4, 0.5) is 0 Å². The molecule has 0 atom stereocenters. The lowest BCUT2D eigenvalue weighted by atomic mass is 9.70. The van der Waals surface area contributed by atoms with Gasteiger partial charge in [0, 0.05) is 47.6 Å². The van der Waals surface area contributed by atoms with E-state index < -0.39 is 5.41 Å². The number of fused-ring (bicyclic) bond motifs is 16. The van der Waals surface area contributed by atoms with Crippen molar-refractivity contribution in [3.05, 3.63) is 271 Å². The molecule has 348 valence electrons. The minimum Gasteiger partial charge on any atom is -0.456 e. The molecular formula is C70H41N3OS. The Hall–Kier alpha value is -9.55. The summed E-state index contributed by atoms with van der Waals surface area (Å²) >= 11 is 1.79. The van der Waals surface area contributed by atoms with Crippen molar-refractivity contribution in [2.75, 3.05) is 0 Å². The van der Waals surface area contributed by atoms with Crippen LogP contribution in [0.3, 0.4) is 0 Å². The Morgan fingerprint density at radius 2 is 0.813 bits per heavy atom. The zero-order valence-corrected chi connectivity index (χ0v) is 41.1. The first-order chi connectivity index (χ1) is 37.2. The maximum Gasteiger partial charge on any atom is 0.164 e. The standard InChI is InChI=1S/C70H41N3OS/c1-2-16-42(17-3-1)43-18-13-21-47(39-43)67-71-68(48-34-36-53-52-24-7-11-33-63(52)75-64(53)41-48)73-69(72-67)55-27-15-32-62-66(55)56-40-45(35-37-61(56)74-62)44-19-12-20-46(38-44)49-26-14-31-60-65(49)54-25-6-10-30-59(54)70(60)57-28-8-4-22-50(57)51-23-5-9-29-58(51)70/h1-41H. The first kappa shape index (κ1) is 42.0. The highest BCUT2D eigenvalue weighted by Crippen LogP contribution is 2.64. The molecule has 0 bridgehead atoms. The molecule has 0 unspecified atom stereocenters. The summed E-state index contributed by atoms with van der Waals surface area (Å²) in [5.74, 6) is 1.80. The number of nitrogens with zero attached hydrogens (tertiary/aromatic N) is 3. The van der Waals surface area contributed by atoms with Crippen LogP contribution >= 0.6 is 11.3 Å². The minimum atomic E-state index is -0.406. The molecule has 2 aliphatic rings. The molecule has 16 rings (SSSR count). The fourth-order valence-corrected chi connectivity index (χ4v) is 13.7. The van der Waals surface area contributed by atoms with Crippen molar-refractivity contribution in [3.8, 4) is 89.8 Å². The highest BCUT2D eigenvalue weighted by atomic mass is 32.1. The maximum absolute atomic E-state index is 6.68. The Bertz CT molecular complexity index is 4630. The van der Waals surface area contributed by atoms with Gasteiger partial charge in [-0.3, -0.25) is 0 Å². The number of furan rings is 1. The van der Waals surface area contributed by atoms with Gasteiger partial charge in [0.15, 0.2) is 17.5 Å². The first-order valence-corrected chi connectivity index (χ1v) is 26.3. The van der Waals surface area contributed by atoms with E-state index in [2.05, 4.69) is 231 Å². The normalized spacial score (nSPS) is 12.9. The number of hydrogen-bond donors (Lipinski definition) is 0. The topological polar surface area (TPSA) is 51.8 Å². The molecule has 0 fully saturated rings. The van der Waals surface area contributed by atoms with E-state index in [1.807, 2.05) is 18.2 Å². The van der Waals surface area contributed by atoms with E-state index in [1.165, 1.54) is 75.8 Å². The summed E-state index contributed by atoms with van der Waals surface area (Å²) in [6.45, 7) is 0. The molecule has 11 aromatic carbocycles. The largest absolute Gasteiger partial charge is 0.456 e. The van der Waals surface area contributed by atoms with Gasteiger partial charge in [-0.15, -0.1) is 11.3 Å². The second-order valence-electron chi connectivity index (χ2n) is 19.7. The Morgan fingerprint density at radius 1 is 0.293 bits per heavy atom. The number of benzene rings is 11. The molecule has 0 saturated heterocycles. The molecule has 5 heteroatoms. The third-order valence-electron chi connectivity index (χ3n) is 15.8. The number of thiophene rings is 1. The van der Waals surface area contributed by atoms with Crippen LogP contribution in [-0.2, 0) is 5.41 Å². The molecule has 2 aliphatic carbocycles. The van der Waals surface area contributed by atoms with Crippen molar-refractivity contribution in [1.82, 2.24) is 15.0 Å². The molecular weight excluding hydrogens is 931 g/mol. The molecule has 0 aliphatic heterocycles. The van der Waals surface area contributed by atoms with Crippen LogP contribution in [0.1, 0.15) is 22.3 Å². The second-order valence-corrected chi connectivity index (χ2v) is 20.8. The molecule has 3 heterocycles. The summed E-state index contributed by atoms with van der Waals surface area (Å²) in [4.78, 5) is 15.9. The van der Waals surface area contributed by atoms with E-state index in [0.29, 0.717) is 17.5 Å². The summed E-state index contributed by atoms with van der Waals surface area (Å²) in [5, 5.41) is 4.45. The lowest BCUT2D eigenvalue weighted by Gasteiger charge is -2.30. The quantitative estimate of drug-likeness (QED) is 0.167. The molecule has 75 heavy (non-hydrogen) atoms. The number of aromatic nitrogens is 3. The highest BCUT2D eigenvalue weighted by molar-refractivity contribution is 7.25. The Morgan fingerprint density at radius 3 is 1.61 bits per heavy atom. The van der Waals surface area contributed by atoms with Crippen LogP contribution in [0.5, 0.6) is 0 Å². The van der Waals surface area contributed by atoms with E-state index in [-0.39, 0.29) is 0 Å². The first-order valence-electron chi connectivity index (χ1n) is 25.5. The highest BCUT2D eigenvalue weighted by Gasteiger charge is 2.52. The van der Waals surface area contributed by atoms with Gasteiger partial charge < -0.3 is 4.42 Å². The summed E-state index contributed by atoms with van der Waals surface area (Å²) < 4.78 is 9.13. The Labute approximate surface area is 436 Å². The van der Waals surface area contributed by atoms with Gasteiger partial charge >= 0.3 is 0 Å². The van der Waals surface area contributed by atoms with Crippen molar-refractivity contribution in [3.63, 3.8) is 0 Å². The fourth-order valence-electron chi connectivity index (χ4n) is 12.5. The molecule has 14 aromatic rings. The summed E-state index contributed by atoms with van der Waals surface area (Å²) in [6.07, 6.45) is 0. The zero-order chi connectivity index (χ0) is 49.2. The molecule has 0 radical (unpaired) electrons. The van der Waals surface area contributed by atoms with Crippen LogP contribution in [-0.4, -0.2) is 15.0 Å². The molecule has 0 N–H and O–H groups in total. The van der Waals surface area contributed by atoms with Crippen LogP contribution in [0.15, 0.2) is 253 Å². The van der Waals surface area contributed by atoms with E-state index in [0.717, 1.165) is 60.9 Å². The van der Waals surface area contributed by atoms with E-state index >= 15 is 0 Å². The molecule has 4 nitrogen and oxygen atoms in total. The lowest BCUT2D eigenvalue weighted by Crippen LogP contribution is -2.25. The van der Waals surface area contributed by atoms with Crippen LogP contribution < -0.4 is 0 Å². The third kappa shape index (κ3) is 6.26. The monoisotopic (exact) mass is 971 g/mol. The molecule has 0 saturated carbocycles. The van der Waals surface area contributed by atoms with Crippen molar-refractivity contribution < 1.29 is 4.42 Å². The Kier molecular flexibility index (Phi) is 9.09. The average Bonchev–Trinajstić information content (AvgIpc) is 4.23. The van der Waals surface area contributed by atoms with Gasteiger partial charge in [0.2, 0.25) is 0 Å². The van der Waals surface area contributed by atoms with Gasteiger partial charge in [-0.2, -0.15) is 0 Å². The van der Waals surface area contributed by atoms with Crippen LogP contribution in [0.2, 0.25) is 0 Å². The van der Waals surface area contributed by atoms with Gasteiger partial charge in [0.25, 0.3) is 0 Å². The molecule has 0 amide bonds. The van der Waals surface area contributed by atoms with Crippen molar-refractivity contribution in [2.45, 2.75) is 5.41 Å². The van der Waals surface area contributed by atoms with Gasteiger partial charge in [-0.25, -0.2) is 15.0 Å². The number of hydrogen-bond acceptors (Lipinski definition) is 5. The van der Waals surface area contributed by atoms with Gasteiger partial charge in [-0.1, -0.05) is 206 Å². The summed E-state index contributed by atoms with van der Waals surface area (Å²) in [6, 6.07) is 89.9. The maximum atomic E-state index is 6.68. The molecule has 3 aromatic heterocycles. The van der Waals surface area contributed by atoms with Gasteiger partial charge in [-0.05, 0) is 120 Å². The minimum absolute atomic E-state index is 0.406. The van der Waals surface area contributed by atoms with Gasteiger partial charge in [0.05, 0.1) is 5.41 Å². The SMILES string of the molecule is c1ccc(-c2cccc(-c3nc(-c4ccc5c(c4)sc4ccccc45)nc(-c4cccc5oc6ccc(-c7cccc(-c8cccc9c8-c8ccccc8C98c9ccccc9-c9ccccc98)c7)cc6c45)n3)c2)cc1. The van der Waals surface area contributed by atoms with E-state index in [9.17, 15) is 0 Å². The van der Waals surface area contributed by atoms with Crippen molar-refractivity contribution in [1.29, 1.82) is 0 Å². The second kappa shape index (κ2) is 16.2. The average molecular weight is 972 g/mol. The molecule has 1 spiro atoms. The number of rotatable bonds is 6. The van der Waals surface area contributed by atoms with Gasteiger partial charge in [0.1, 0.15) is 11.2 Å². The summed E-state index contributed by atoms with van der Waals surface area (Å²) in [7, 11) is 0. The fraction of sp³-hybridized carbons (Fsp3) is 0.0143. The van der Waals surface area contributed by atoms with Crippen molar-refractivity contribution >= 4 is 53.4 Å². The van der Waals surface area contributed by atoms with E-state index in [4.69, 9.17) is 19.4 Å². The predicted molar refractivity (Wildman–Crippen MR) is 309 cm³/mol. The summed E-state index contributed by atoms with van der Waals surface area (Å²) in [5.41, 5.74) is 21.3. The smallest absolute Gasteiger partial charge is 0.164 e. The van der Waals surface area contributed by atoms with Crippen LogP contribution in [0.25, 0.3) is 132 Å². The lowest BCUT2D eigenvalue weighted by molar-refractivity contribution is 0.669. The zero-order valence-electron chi connectivity index (χ0n) is 40.3. The predicted octanol–water partition coefficient (Wildman–Crippen LogP) is 18.5.